The van der Waals surface area contributed by atoms with Gasteiger partial charge in [-0.05, 0) is 164 Å². The highest BCUT2D eigenvalue weighted by atomic mass is 15.0. The Morgan fingerprint density at radius 1 is 0.166 bits per heavy atom. The zero-order valence-electron chi connectivity index (χ0n) is 90.8. The van der Waals surface area contributed by atoms with Crippen LogP contribution in [0.15, 0.2) is 231 Å². The van der Waals surface area contributed by atoms with Crippen LogP contribution in [-0.4, -0.2) is 69.8 Å². The summed E-state index contributed by atoms with van der Waals surface area (Å²) in [6.45, 7) is 60.5. The Labute approximate surface area is 858 Å². The van der Waals surface area contributed by atoms with Crippen molar-refractivity contribution in [2.24, 2.45) is 0 Å². The maximum Gasteiger partial charge on any atom is 0.134 e. The smallest absolute Gasteiger partial charge is 0.134 e. The van der Waals surface area contributed by atoms with Crippen molar-refractivity contribution in [1.82, 2.24) is 69.8 Å². The van der Waals surface area contributed by atoms with Crippen molar-refractivity contribution in [3.8, 4) is 0 Å². The molecule has 0 unspecified atom stereocenters. The van der Waals surface area contributed by atoms with Crippen molar-refractivity contribution in [2.45, 2.75) is 296 Å². The molecule has 14 heteroatoms. The summed E-state index contributed by atoms with van der Waals surface area (Å²) < 4.78 is 0. The van der Waals surface area contributed by atoms with E-state index >= 15 is 0 Å². The first-order chi connectivity index (χ1) is 68.7. The van der Waals surface area contributed by atoms with Crippen molar-refractivity contribution in [2.75, 3.05) is 0 Å². The Balaban J connectivity index is 0.000000111. The molecular formula is C131H142N14. The second kappa shape index (κ2) is 39.5. The van der Waals surface area contributed by atoms with Gasteiger partial charge in [-0.25, -0.2) is 69.8 Å². The van der Waals surface area contributed by atoms with Gasteiger partial charge in [0, 0.05) is 158 Å². The largest absolute Gasteiger partial charge is 0.238 e. The first kappa shape index (κ1) is 101. The summed E-state index contributed by atoms with van der Waals surface area (Å²) in [6, 6.07) is 82.1. The van der Waals surface area contributed by atoms with Crippen molar-refractivity contribution >= 4 is 75.7 Å². The van der Waals surface area contributed by atoms with E-state index in [1.54, 1.807) is 0 Å². The van der Waals surface area contributed by atoms with Crippen molar-refractivity contribution < 1.29 is 0 Å². The molecule has 24 rings (SSSR count). The highest BCUT2D eigenvalue weighted by Crippen LogP contribution is 2.44. The van der Waals surface area contributed by atoms with E-state index in [1.165, 1.54) is 188 Å². The van der Waals surface area contributed by atoms with Crippen LogP contribution in [0.25, 0.3) is 75.7 Å². The SMILES string of the molecule is Cc1nc(C(C)(C)C)c2c3ccccc3c3ccccc3c2n1.Cc1nc(C(C)(C)C)nc2c1Cc1c(ccc3ccccc13)C2.Cc1nc(C(C)(C)C)nc2c1Cc1ccccc1C2.Cc1nc(C(C)(C)C)nc2c1Cc1ccccc1C2.Cc1nc(C(C)(C)C)nc2c3ccccc3c3ccccc3c12.Cc1nc2c(c(C(C)(C)C)n1)Cc1ccccc1C2.Cc1nc2c(c(C(C)(C)C)n1)Cc1ccccc1C2. The fourth-order valence-corrected chi connectivity index (χ4v) is 21.2. The third-order valence-electron chi connectivity index (χ3n) is 28.8. The van der Waals surface area contributed by atoms with Crippen LogP contribution in [0.4, 0.5) is 0 Å². The molecule has 5 aliphatic carbocycles. The van der Waals surface area contributed by atoms with E-state index in [9.17, 15) is 0 Å². The molecule has 736 valence electrons. The summed E-state index contributed by atoms with van der Waals surface area (Å²) in [4.78, 5) is 67.0. The van der Waals surface area contributed by atoms with E-state index in [0.717, 1.165) is 144 Å². The maximum atomic E-state index is 4.97. The van der Waals surface area contributed by atoms with Gasteiger partial charge in [0.1, 0.15) is 40.8 Å². The van der Waals surface area contributed by atoms with Crippen LogP contribution in [-0.2, 0) is 102 Å². The van der Waals surface area contributed by atoms with Gasteiger partial charge in [-0.15, -0.1) is 0 Å². The van der Waals surface area contributed by atoms with Crippen LogP contribution in [0.5, 0.6) is 0 Å². The zero-order chi connectivity index (χ0) is 103. The number of rotatable bonds is 0. The quantitative estimate of drug-likeness (QED) is 0.131. The van der Waals surface area contributed by atoms with Gasteiger partial charge in [-0.1, -0.05) is 376 Å². The average Bonchev–Trinajstić information content (AvgIpc) is 0.725. The van der Waals surface area contributed by atoms with Crippen LogP contribution in [0, 0.1) is 48.5 Å². The molecule has 0 saturated heterocycles. The van der Waals surface area contributed by atoms with E-state index in [0.29, 0.717) is 0 Å². The Kier molecular flexibility index (Phi) is 27.6. The van der Waals surface area contributed by atoms with Crippen LogP contribution in [0.1, 0.15) is 338 Å². The highest BCUT2D eigenvalue weighted by Gasteiger charge is 2.34. The lowest BCUT2D eigenvalue weighted by atomic mass is 9.81. The Bertz CT molecular complexity index is 7960. The van der Waals surface area contributed by atoms with Gasteiger partial charge in [0.05, 0.1) is 56.6 Å². The molecule has 0 atom stereocenters. The van der Waals surface area contributed by atoms with Crippen LogP contribution < -0.4 is 0 Å². The maximum absolute atomic E-state index is 4.97. The Morgan fingerprint density at radius 3 is 0.779 bits per heavy atom. The molecule has 0 radical (unpaired) electrons. The van der Waals surface area contributed by atoms with Gasteiger partial charge in [0.2, 0.25) is 0 Å². The number of benzene rings is 12. The summed E-state index contributed by atoms with van der Waals surface area (Å²) >= 11 is 0. The summed E-state index contributed by atoms with van der Waals surface area (Å²) in [6.07, 6.45) is 9.52. The van der Waals surface area contributed by atoms with Gasteiger partial charge in [-0.3, -0.25) is 0 Å². The minimum absolute atomic E-state index is 0.0105. The molecular weight excluding hydrogens is 1770 g/mol. The number of aryl methyl sites for hydroxylation is 7. The fourth-order valence-electron chi connectivity index (χ4n) is 21.2. The lowest BCUT2D eigenvalue weighted by molar-refractivity contribution is 0.537. The number of hydrogen-bond donors (Lipinski definition) is 0. The Hall–Kier alpha value is -14.0. The monoisotopic (exact) mass is 1910 g/mol. The number of aromatic nitrogens is 14. The molecule has 0 bridgehead atoms. The Morgan fingerprint density at radius 2 is 0.421 bits per heavy atom. The molecule has 0 aliphatic heterocycles. The molecule has 12 aromatic carbocycles. The minimum atomic E-state index is -0.0638. The lowest BCUT2D eigenvalue weighted by Gasteiger charge is -2.27. The molecule has 0 amide bonds. The first-order valence-electron chi connectivity index (χ1n) is 51.9. The van der Waals surface area contributed by atoms with Gasteiger partial charge < -0.3 is 0 Å². The topological polar surface area (TPSA) is 180 Å². The van der Waals surface area contributed by atoms with E-state index < -0.39 is 0 Å². The molecule has 14 nitrogen and oxygen atoms in total. The van der Waals surface area contributed by atoms with Crippen LogP contribution in [0.3, 0.4) is 0 Å². The lowest BCUT2D eigenvalue weighted by Crippen LogP contribution is -2.22. The molecule has 0 N–H and O–H groups in total. The van der Waals surface area contributed by atoms with E-state index in [4.69, 9.17) is 59.8 Å². The van der Waals surface area contributed by atoms with Crippen LogP contribution in [0.2, 0.25) is 0 Å². The van der Waals surface area contributed by atoms with E-state index in [1.807, 2.05) is 20.8 Å². The van der Waals surface area contributed by atoms with Gasteiger partial charge >= 0.3 is 0 Å². The fraction of sp³-hybridized carbons (Fsp3) is 0.344. The van der Waals surface area contributed by atoms with E-state index in [-0.39, 0.29) is 37.9 Å². The van der Waals surface area contributed by atoms with E-state index in [2.05, 4.69) is 414 Å². The van der Waals surface area contributed by atoms with Crippen molar-refractivity contribution in [3.63, 3.8) is 0 Å². The molecule has 145 heavy (non-hydrogen) atoms. The first-order valence-corrected chi connectivity index (χ1v) is 51.9. The summed E-state index contributed by atoms with van der Waals surface area (Å²) in [5, 5.41) is 15.0. The highest BCUT2D eigenvalue weighted by molar-refractivity contribution is 6.26. The third-order valence-corrected chi connectivity index (χ3v) is 28.8. The van der Waals surface area contributed by atoms with Gasteiger partial charge in [0.15, 0.2) is 0 Å². The van der Waals surface area contributed by atoms with Crippen LogP contribution >= 0.6 is 0 Å². The molecule has 19 aromatic rings. The number of hydrogen-bond acceptors (Lipinski definition) is 14. The molecule has 0 fully saturated rings. The third kappa shape index (κ3) is 21.3. The summed E-state index contributed by atoms with van der Waals surface area (Å²) in [5.41, 5.74) is 37.2. The standard InChI is InChI=1S/2C21H20N2.C21H22N2.4C17H20N2/c1-13-22-19-17-12-8-6-10-15(17)14-9-5-7-11-16(14)18(19)20(23-13)21(2,3)4;1-13-18-16-11-7-5-9-14(16)15-10-6-8-12-17(15)19(18)23-20(22-13)21(2,3)4;1-13-17-12-18-15(10-9-14-7-5-6-8-16(14)18)11-19(17)23-20(22-13)21(2,3)4;2*1-11-18-15-10-13-8-6-5-7-12(13)9-14(15)16(19-11)17(2,3)4;2*1-11-14-9-12-7-5-6-8-13(12)10-15(14)19-16(18-11)17(2,3)4/h2*5-12H,1-4H3;5-10H,11-12H2,1-4H3;4*5-8H,9-10H2,1-4H3. The predicted molar refractivity (Wildman–Crippen MR) is 601 cm³/mol. The molecule has 0 saturated carbocycles. The summed E-state index contributed by atoms with van der Waals surface area (Å²) in [5.74, 6) is 6.40. The zero-order valence-corrected chi connectivity index (χ0v) is 90.8. The minimum Gasteiger partial charge on any atom is -0.238 e. The molecule has 5 aliphatic rings. The molecule has 7 heterocycles. The normalized spacial score (nSPS) is 13.4. The van der Waals surface area contributed by atoms with Gasteiger partial charge in [0.25, 0.3) is 0 Å². The average molecular weight is 1910 g/mol. The second-order valence-electron chi connectivity index (χ2n) is 47.7. The number of nitrogens with zero attached hydrogens (tertiary/aromatic N) is 14. The molecule has 7 aromatic heterocycles. The second-order valence-corrected chi connectivity index (χ2v) is 47.7. The van der Waals surface area contributed by atoms with Crippen molar-refractivity contribution in [3.05, 3.63) is 423 Å². The van der Waals surface area contributed by atoms with Crippen molar-refractivity contribution in [1.29, 1.82) is 0 Å². The van der Waals surface area contributed by atoms with Gasteiger partial charge in [-0.2, -0.15) is 0 Å². The summed E-state index contributed by atoms with van der Waals surface area (Å²) in [7, 11) is 0. The number of fused-ring (bicyclic) bond motifs is 24. The molecule has 0 spiro atoms. The predicted octanol–water partition coefficient (Wildman–Crippen LogP) is 30.1.